The number of rotatable bonds is 4. The maximum absolute atomic E-state index is 13.3. The van der Waals surface area contributed by atoms with Crippen molar-refractivity contribution < 1.29 is 27.5 Å². The third kappa shape index (κ3) is 4.47. The molecule has 4 rings (SSSR count). The topological polar surface area (TPSA) is 77.3 Å². The summed E-state index contributed by atoms with van der Waals surface area (Å²) >= 11 is 12.5. The Morgan fingerprint density at radius 2 is 1.91 bits per heavy atom. The van der Waals surface area contributed by atoms with Crippen molar-refractivity contribution in [3.63, 3.8) is 0 Å². The first-order valence-electron chi connectivity index (χ1n) is 9.99. The number of ether oxygens (including phenoxy) is 1. The fourth-order valence-corrected chi connectivity index (χ4v) is 4.55. The first-order valence-corrected chi connectivity index (χ1v) is 10.7. The van der Waals surface area contributed by atoms with E-state index in [2.05, 4.69) is 10.1 Å². The van der Waals surface area contributed by atoms with E-state index in [1.165, 1.54) is 28.3 Å². The summed E-state index contributed by atoms with van der Waals surface area (Å²) in [5.41, 5.74) is -1.98. The highest BCUT2D eigenvalue weighted by Gasteiger charge is 2.52. The minimum atomic E-state index is -4.54. The van der Waals surface area contributed by atoms with Crippen LogP contribution in [0.5, 0.6) is 0 Å². The van der Waals surface area contributed by atoms with Gasteiger partial charge >= 0.3 is 12.1 Å². The van der Waals surface area contributed by atoms with Gasteiger partial charge in [0.25, 0.3) is 5.91 Å². The van der Waals surface area contributed by atoms with Crippen molar-refractivity contribution in [3.8, 4) is 0 Å². The molecule has 1 aliphatic heterocycles. The zero-order chi connectivity index (χ0) is 24.7. The van der Waals surface area contributed by atoms with Gasteiger partial charge in [-0.05, 0) is 43.3 Å². The Balaban J connectivity index is 1.77. The van der Waals surface area contributed by atoms with Crippen molar-refractivity contribution >= 4 is 35.1 Å². The van der Waals surface area contributed by atoms with Crippen LogP contribution in [0.1, 0.15) is 28.4 Å². The van der Waals surface area contributed by atoms with Crippen molar-refractivity contribution in [1.29, 1.82) is 0 Å². The highest BCUT2D eigenvalue weighted by atomic mass is 35.5. The van der Waals surface area contributed by atoms with Crippen LogP contribution in [0.4, 0.5) is 13.2 Å². The highest BCUT2D eigenvalue weighted by molar-refractivity contribution is 6.35. The predicted molar refractivity (Wildman–Crippen MR) is 116 cm³/mol. The Hall–Kier alpha value is -3.11. The summed E-state index contributed by atoms with van der Waals surface area (Å²) in [6.45, 7) is 1.24. The lowest BCUT2D eigenvalue weighted by atomic mass is 9.84. The summed E-state index contributed by atoms with van der Waals surface area (Å²) in [5, 5.41) is 4.65. The average Bonchev–Trinajstić information content (AvgIpc) is 3.28. The second-order valence-corrected chi connectivity index (χ2v) is 8.61. The molecule has 1 fully saturated rings. The first kappa shape index (κ1) is 24.0. The van der Waals surface area contributed by atoms with Crippen LogP contribution in [0.2, 0.25) is 10.0 Å². The molecule has 0 bridgehead atoms. The van der Waals surface area contributed by atoms with Gasteiger partial charge in [-0.25, -0.2) is 9.67 Å². The van der Waals surface area contributed by atoms with Crippen LogP contribution in [0.25, 0.3) is 0 Å². The molecule has 1 saturated heterocycles. The van der Waals surface area contributed by atoms with Crippen molar-refractivity contribution in [1.82, 2.24) is 19.7 Å². The van der Waals surface area contributed by atoms with Crippen LogP contribution < -0.4 is 0 Å². The molecule has 0 saturated carbocycles. The summed E-state index contributed by atoms with van der Waals surface area (Å²) in [7, 11) is 0. The van der Waals surface area contributed by atoms with Gasteiger partial charge in [0, 0.05) is 21.2 Å². The molecule has 2 atom stereocenters. The Bertz CT molecular complexity index is 1220. The highest BCUT2D eigenvalue weighted by Crippen LogP contribution is 2.42. The summed E-state index contributed by atoms with van der Waals surface area (Å²) < 4.78 is 46.1. The third-order valence-electron chi connectivity index (χ3n) is 5.71. The van der Waals surface area contributed by atoms with Gasteiger partial charge in [0.2, 0.25) is 0 Å². The number of morpholine rings is 1. The summed E-state index contributed by atoms with van der Waals surface area (Å²) in [6, 6.07) is 7.65. The molecular weight excluding hydrogens is 496 g/mol. The molecule has 7 nitrogen and oxygen atoms in total. The lowest BCUT2D eigenvalue weighted by molar-refractivity contribution is -0.186. The van der Waals surface area contributed by atoms with E-state index in [4.69, 9.17) is 27.9 Å². The van der Waals surface area contributed by atoms with E-state index in [1.54, 1.807) is 19.1 Å². The molecule has 2 aromatic carbocycles. The molecular formula is C22H17Cl2F3N4O3. The van der Waals surface area contributed by atoms with E-state index in [1.807, 2.05) is 0 Å². The molecule has 12 heteroatoms. The predicted octanol–water partition coefficient (Wildman–Crippen LogP) is 4.59. The van der Waals surface area contributed by atoms with E-state index in [0.717, 1.165) is 24.3 Å². The molecule has 1 aromatic heterocycles. The number of aromatic nitrogens is 3. The van der Waals surface area contributed by atoms with Gasteiger partial charge in [-0.3, -0.25) is 9.59 Å². The quantitative estimate of drug-likeness (QED) is 0.478. The van der Waals surface area contributed by atoms with Crippen LogP contribution in [0, 0.1) is 0 Å². The fraction of sp³-hybridized carbons (Fsp3) is 0.273. The van der Waals surface area contributed by atoms with Crippen LogP contribution in [-0.4, -0.2) is 44.1 Å². The number of nitrogens with zero attached hydrogens (tertiary/aromatic N) is 4. The van der Waals surface area contributed by atoms with E-state index < -0.39 is 41.8 Å². The van der Waals surface area contributed by atoms with Gasteiger partial charge in [0.1, 0.15) is 19.2 Å². The van der Waals surface area contributed by atoms with E-state index >= 15 is 0 Å². The normalized spacial score (nSPS) is 20.8. The minimum Gasteiger partial charge on any atom is -0.449 e. The molecule has 0 N–H and O–H groups in total. The molecule has 3 aromatic rings. The second kappa shape index (κ2) is 8.92. The Labute approximate surface area is 202 Å². The van der Waals surface area contributed by atoms with Gasteiger partial charge in [0.15, 0.2) is 5.60 Å². The van der Waals surface area contributed by atoms with Crippen LogP contribution in [0.3, 0.4) is 0 Å². The minimum absolute atomic E-state index is 0.00795. The molecule has 0 aliphatic carbocycles. The van der Waals surface area contributed by atoms with Gasteiger partial charge < -0.3 is 9.64 Å². The molecule has 1 aliphatic rings. The number of hydrogen-bond donors (Lipinski definition) is 0. The van der Waals surface area contributed by atoms with Gasteiger partial charge in [0.05, 0.1) is 18.2 Å². The van der Waals surface area contributed by atoms with Crippen LogP contribution in [0.15, 0.2) is 55.1 Å². The largest absolute Gasteiger partial charge is 0.449 e. The van der Waals surface area contributed by atoms with E-state index in [0.29, 0.717) is 10.6 Å². The number of cyclic esters (lactones) is 1. The van der Waals surface area contributed by atoms with E-state index in [9.17, 15) is 22.8 Å². The van der Waals surface area contributed by atoms with Crippen LogP contribution in [-0.2, 0) is 27.9 Å². The Morgan fingerprint density at radius 1 is 1.21 bits per heavy atom. The molecule has 0 spiro atoms. The van der Waals surface area contributed by atoms with Gasteiger partial charge in [-0.15, -0.1) is 0 Å². The molecule has 0 radical (unpaired) electrons. The first-order chi connectivity index (χ1) is 16.0. The Kier molecular flexibility index (Phi) is 6.30. The lowest BCUT2D eigenvalue weighted by Gasteiger charge is -2.47. The molecule has 2 heterocycles. The molecule has 0 unspecified atom stereocenters. The SMILES string of the molecule is C[C@@H]1N(C(=O)c2ccc(C(F)(F)F)cc2)CC(=O)O[C@]1(Cn1cncn1)c1ccc(Cl)cc1Cl. The maximum atomic E-state index is 13.3. The number of amides is 1. The summed E-state index contributed by atoms with van der Waals surface area (Å²) in [4.78, 5) is 31.2. The van der Waals surface area contributed by atoms with Crippen molar-refractivity contribution in [3.05, 3.63) is 81.9 Å². The number of halogens is 5. The third-order valence-corrected chi connectivity index (χ3v) is 6.26. The second-order valence-electron chi connectivity index (χ2n) is 7.76. The number of hydrogen-bond acceptors (Lipinski definition) is 5. The average molecular weight is 513 g/mol. The van der Waals surface area contributed by atoms with Crippen LogP contribution >= 0.6 is 23.2 Å². The summed E-state index contributed by atoms with van der Waals surface area (Å²) in [5.74, 6) is -1.35. The number of benzene rings is 2. The molecule has 34 heavy (non-hydrogen) atoms. The van der Waals surface area contributed by atoms with Crippen molar-refractivity contribution in [2.75, 3.05) is 6.54 Å². The Morgan fingerprint density at radius 3 is 2.50 bits per heavy atom. The van der Waals surface area contributed by atoms with Gasteiger partial charge in [-0.2, -0.15) is 18.3 Å². The van der Waals surface area contributed by atoms with Gasteiger partial charge in [-0.1, -0.05) is 29.3 Å². The van der Waals surface area contributed by atoms with E-state index in [-0.39, 0.29) is 17.1 Å². The molecule has 1 amide bonds. The molecule has 178 valence electrons. The number of alkyl halides is 3. The maximum Gasteiger partial charge on any atom is 0.416 e. The lowest BCUT2D eigenvalue weighted by Crippen LogP contribution is -2.61. The number of carbonyl (C=O) groups is 2. The smallest absolute Gasteiger partial charge is 0.416 e. The fourth-order valence-electron chi connectivity index (χ4n) is 3.98. The monoisotopic (exact) mass is 512 g/mol. The number of esters is 1. The zero-order valence-corrected chi connectivity index (χ0v) is 19.1. The summed E-state index contributed by atoms with van der Waals surface area (Å²) in [6.07, 6.45) is -1.82. The standard InChI is InChI=1S/C22H17Cl2F3N4O3/c1-13-21(10-30-12-28-11-29-30,17-7-6-16(23)8-18(17)24)34-19(32)9-31(13)20(33)14-2-4-15(5-3-14)22(25,26)27/h2-8,11-13H,9-10H2,1H3/t13-,21-/m0/s1. The zero-order valence-electron chi connectivity index (χ0n) is 17.6. The number of carbonyl (C=O) groups excluding carboxylic acids is 2. The van der Waals surface area contributed by atoms with Crippen molar-refractivity contribution in [2.24, 2.45) is 0 Å². The van der Waals surface area contributed by atoms with Crippen molar-refractivity contribution in [2.45, 2.75) is 31.3 Å².